The van der Waals surface area contributed by atoms with Gasteiger partial charge in [-0.3, -0.25) is 4.79 Å². The molecule has 0 saturated heterocycles. The molecule has 0 aliphatic carbocycles. The maximum atomic E-state index is 12.5. The van der Waals surface area contributed by atoms with Gasteiger partial charge in [-0.2, -0.15) is 0 Å². The van der Waals surface area contributed by atoms with Gasteiger partial charge in [0, 0.05) is 24.8 Å². The summed E-state index contributed by atoms with van der Waals surface area (Å²) in [5.74, 6) is 1.12. The monoisotopic (exact) mass is 334 g/mol. The third kappa shape index (κ3) is 3.03. The van der Waals surface area contributed by atoms with Crippen LogP contribution in [0.25, 0.3) is 10.8 Å². The highest BCUT2D eigenvalue weighted by Crippen LogP contribution is 2.39. The number of carbonyl (C=O) groups excluding carboxylic acids is 1. The number of benzene rings is 3. The maximum Gasteiger partial charge on any atom is 0.246 e. The molecule has 0 amide bonds. The van der Waals surface area contributed by atoms with Gasteiger partial charge in [0.25, 0.3) is 0 Å². The smallest absolute Gasteiger partial charge is 0.246 e. The highest BCUT2D eigenvalue weighted by Gasteiger charge is 2.32. The van der Waals surface area contributed by atoms with Crippen LogP contribution in [0.4, 0.5) is 0 Å². The fourth-order valence-electron chi connectivity index (χ4n) is 2.94. The van der Waals surface area contributed by atoms with Crippen LogP contribution in [-0.4, -0.2) is 18.2 Å². The van der Waals surface area contributed by atoms with Gasteiger partial charge in [-0.05, 0) is 29.7 Å². The first-order valence-corrected chi connectivity index (χ1v) is 8.18. The molecule has 3 aromatic rings. The molecule has 0 fully saturated rings. The van der Waals surface area contributed by atoms with Crippen molar-refractivity contribution in [3.05, 3.63) is 66.2 Å². The maximum absolute atomic E-state index is 12.5. The van der Waals surface area contributed by atoms with E-state index in [-0.39, 0.29) is 12.4 Å². The van der Waals surface area contributed by atoms with Crippen molar-refractivity contribution in [3.8, 4) is 17.2 Å². The lowest BCUT2D eigenvalue weighted by molar-refractivity contribution is -0.0431. The number of ketones is 1. The minimum absolute atomic E-state index is 0.0307. The van der Waals surface area contributed by atoms with Crippen LogP contribution in [0, 0.1) is 0 Å². The molecule has 1 heterocycles. The van der Waals surface area contributed by atoms with Crippen molar-refractivity contribution in [2.45, 2.75) is 19.6 Å². The van der Waals surface area contributed by atoms with Crippen molar-refractivity contribution >= 4 is 16.6 Å². The molecule has 0 bridgehead atoms. The van der Waals surface area contributed by atoms with Crippen molar-refractivity contribution in [2.75, 3.05) is 6.61 Å². The predicted octanol–water partition coefficient (Wildman–Crippen LogP) is 4.61. The lowest BCUT2D eigenvalue weighted by Gasteiger charge is -2.16. The summed E-state index contributed by atoms with van der Waals surface area (Å²) in [6.45, 7) is 3.63. The molecule has 0 unspecified atom stereocenters. The fourth-order valence-corrected chi connectivity index (χ4v) is 2.94. The van der Waals surface area contributed by atoms with Gasteiger partial charge < -0.3 is 14.2 Å². The van der Waals surface area contributed by atoms with Crippen molar-refractivity contribution in [1.82, 2.24) is 0 Å². The third-order valence-electron chi connectivity index (χ3n) is 4.09. The van der Waals surface area contributed by atoms with Crippen molar-refractivity contribution in [2.24, 2.45) is 0 Å². The van der Waals surface area contributed by atoms with E-state index in [0.717, 1.165) is 10.8 Å². The molecule has 0 N–H and O–H groups in total. The lowest BCUT2D eigenvalue weighted by atomic mass is 10.1. The zero-order valence-electron chi connectivity index (χ0n) is 14.1. The van der Waals surface area contributed by atoms with Gasteiger partial charge >= 0.3 is 0 Å². The van der Waals surface area contributed by atoms with Gasteiger partial charge in [0.15, 0.2) is 23.9 Å². The van der Waals surface area contributed by atoms with Crippen LogP contribution in [0.1, 0.15) is 24.2 Å². The summed E-state index contributed by atoms with van der Waals surface area (Å²) in [5.41, 5.74) is 0.542. The van der Waals surface area contributed by atoms with Crippen LogP contribution in [0.15, 0.2) is 60.7 Å². The number of carbonyl (C=O) groups is 1. The van der Waals surface area contributed by atoms with Crippen LogP contribution < -0.4 is 14.2 Å². The minimum Gasteiger partial charge on any atom is -0.485 e. The van der Waals surface area contributed by atoms with Gasteiger partial charge in [0.05, 0.1) is 0 Å². The Bertz CT molecular complexity index is 954. The van der Waals surface area contributed by atoms with Crippen LogP contribution in [0.2, 0.25) is 0 Å². The Morgan fingerprint density at radius 1 is 0.960 bits per heavy atom. The van der Waals surface area contributed by atoms with Crippen LogP contribution in [0.5, 0.6) is 17.2 Å². The second-order valence-corrected chi connectivity index (χ2v) is 6.45. The molecule has 4 rings (SSSR count). The number of Topliss-reactive ketones (excluding diaryl/α,β-unsaturated/α-hetero) is 1. The lowest BCUT2D eigenvalue weighted by Crippen LogP contribution is -2.29. The third-order valence-corrected chi connectivity index (χ3v) is 4.09. The standard InChI is InChI=1S/C21H18O4/c1-21(2)24-19-11-10-15(12-20(19)25-21)17(22)13-23-18-9-5-7-14-6-3-4-8-16(14)18/h3-12H,13H2,1-2H3. The number of hydrogen-bond acceptors (Lipinski definition) is 4. The summed E-state index contributed by atoms with van der Waals surface area (Å²) in [7, 11) is 0. The van der Waals surface area contributed by atoms with E-state index < -0.39 is 5.79 Å². The van der Waals surface area contributed by atoms with E-state index in [1.165, 1.54) is 0 Å². The molecule has 0 atom stereocenters. The molecule has 126 valence electrons. The molecule has 3 aromatic carbocycles. The molecule has 0 aromatic heterocycles. The Kier molecular flexibility index (Phi) is 3.61. The Labute approximate surface area is 145 Å². The molecular formula is C21H18O4. The average Bonchev–Trinajstić information content (AvgIpc) is 2.92. The zero-order valence-corrected chi connectivity index (χ0v) is 14.1. The summed E-state index contributed by atoms with van der Waals surface area (Å²) in [6, 6.07) is 18.9. The summed E-state index contributed by atoms with van der Waals surface area (Å²) in [6.07, 6.45) is 0. The summed E-state index contributed by atoms with van der Waals surface area (Å²) in [4.78, 5) is 12.5. The highest BCUT2D eigenvalue weighted by atomic mass is 16.7. The topological polar surface area (TPSA) is 44.8 Å². The fraction of sp³-hybridized carbons (Fsp3) is 0.190. The van der Waals surface area contributed by atoms with Gasteiger partial charge in [-0.15, -0.1) is 0 Å². The Hall–Kier alpha value is -3.01. The summed E-state index contributed by atoms with van der Waals surface area (Å²) in [5, 5.41) is 2.07. The Balaban J connectivity index is 1.51. The summed E-state index contributed by atoms with van der Waals surface area (Å²) >= 11 is 0. The largest absolute Gasteiger partial charge is 0.485 e. The molecule has 0 radical (unpaired) electrons. The SMILES string of the molecule is CC1(C)Oc2ccc(C(=O)COc3cccc4ccccc34)cc2O1. The normalized spacial score (nSPS) is 14.5. The zero-order chi connectivity index (χ0) is 17.4. The van der Waals surface area contributed by atoms with Gasteiger partial charge in [0.1, 0.15) is 5.75 Å². The van der Waals surface area contributed by atoms with Crippen molar-refractivity contribution in [3.63, 3.8) is 0 Å². The molecule has 0 spiro atoms. The predicted molar refractivity (Wildman–Crippen MR) is 95.6 cm³/mol. The Morgan fingerprint density at radius 2 is 1.72 bits per heavy atom. The highest BCUT2D eigenvalue weighted by molar-refractivity contribution is 5.98. The van der Waals surface area contributed by atoms with E-state index in [9.17, 15) is 4.79 Å². The average molecular weight is 334 g/mol. The molecule has 4 nitrogen and oxygen atoms in total. The van der Waals surface area contributed by atoms with Crippen molar-refractivity contribution in [1.29, 1.82) is 0 Å². The number of hydrogen-bond donors (Lipinski definition) is 0. The molecule has 4 heteroatoms. The van der Waals surface area contributed by atoms with Crippen LogP contribution >= 0.6 is 0 Å². The molecular weight excluding hydrogens is 316 g/mol. The molecule has 1 aliphatic rings. The number of ether oxygens (including phenoxy) is 3. The van der Waals surface area contributed by atoms with Gasteiger partial charge in [-0.25, -0.2) is 0 Å². The van der Waals surface area contributed by atoms with E-state index in [1.54, 1.807) is 18.2 Å². The van der Waals surface area contributed by atoms with Crippen molar-refractivity contribution < 1.29 is 19.0 Å². The number of rotatable bonds is 4. The van der Waals surface area contributed by atoms with E-state index in [2.05, 4.69) is 0 Å². The second-order valence-electron chi connectivity index (χ2n) is 6.45. The quantitative estimate of drug-likeness (QED) is 0.654. The molecule has 25 heavy (non-hydrogen) atoms. The summed E-state index contributed by atoms with van der Waals surface area (Å²) < 4.78 is 17.1. The van der Waals surface area contributed by atoms with E-state index in [0.29, 0.717) is 22.8 Å². The van der Waals surface area contributed by atoms with E-state index in [4.69, 9.17) is 14.2 Å². The number of fused-ring (bicyclic) bond motifs is 2. The Morgan fingerprint density at radius 3 is 2.60 bits per heavy atom. The second kappa shape index (κ2) is 5.81. The van der Waals surface area contributed by atoms with Gasteiger partial charge in [0.2, 0.25) is 5.79 Å². The first kappa shape index (κ1) is 15.5. The first-order chi connectivity index (χ1) is 12.0. The minimum atomic E-state index is -0.705. The van der Waals surface area contributed by atoms with Gasteiger partial charge in [-0.1, -0.05) is 36.4 Å². The molecule has 0 saturated carbocycles. The molecule has 1 aliphatic heterocycles. The van der Waals surface area contributed by atoms with E-state index >= 15 is 0 Å². The van der Waals surface area contributed by atoms with Crippen LogP contribution in [0.3, 0.4) is 0 Å². The van der Waals surface area contributed by atoms with Crippen LogP contribution in [-0.2, 0) is 0 Å². The first-order valence-electron chi connectivity index (χ1n) is 8.18. The van der Waals surface area contributed by atoms with E-state index in [1.807, 2.05) is 56.3 Å².